The van der Waals surface area contributed by atoms with Gasteiger partial charge in [0, 0.05) is 16.6 Å². The number of halogens is 3. The van der Waals surface area contributed by atoms with Crippen molar-refractivity contribution >= 4 is 50.7 Å². The van der Waals surface area contributed by atoms with Crippen molar-refractivity contribution in [3.8, 4) is 0 Å². The maximum absolute atomic E-state index is 12.9. The van der Waals surface area contributed by atoms with Gasteiger partial charge in [-0.05, 0) is 42.8 Å². The van der Waals surface area contributed by atoms with Gasteiger partial charge in [0.15, 0.2) is 0 Å². The number of likely N-dealkylation sites (N-methyl/N-ethyl adjacent to an activating group) is 1. The van der Waals surface area contributed by atoms with Crippen molar-refractivity contribution < 1.29 is 13.2 Å². The summed E-state index contributed by atoms with van der Waals surface area (Å²) < 4.78 is 26.8. The van der Waals surface area contributed by atoms with Crippen LogP contribution in [0.1, 0.15) is 25.5 Å². The van der Waals surface area contributed by atoms with E-state index in [9.17, 15) is 13.2 Å². The summed E-state index contributed by atoms with van der Waals surface area (Å²) in [7, 11) is -3.97. The average molecular weight is 450 g/mol. The van der Waals surface area contributed by atoms with Gasteiger partial charge in [-0.25, -0.2) is 8.42 Å². The van der Waals surface area contributed by atoms with Crippen molar-refractivity contribution in [3.63, 3.8) is 0 Å². The van der Waals surface area contributed by atoms with Crippen molar-refractivity contribution in [1.82, 2.24) is 9.62 Å². The number of hydrogen-bond acceptors (Lipinski definition) is 3. The number of sulfonamides is 1. The van der Waals surface area contributed by atoms with Crippen molar-refractivity contribution in [2.45, 2.75) is 24.8 Å². The van der Waals surface area contributed by atoms with Gasteiger partial charge in [0.05, 0.1) is 17.6 Å². The lowest BCUT2D eigenvalue weighted by atomic mass is 10.1. The van der Waals surface area contributed by atoms with Gasteiger partial charge < -0.3 is 5.32 Å². The van der Waals surface area contributed by atoms with Gasteiger partial charge in [0.2, 0.25) is 15.9 Å². The highest BCUT2D eigenvalue weighted by molar-refractivity contribution is 7.89. The lowest BCUT2D eigenvalue weighted by Gasteiger charge is -2.22. The Balaban J connectivity index is 2.14. The molecule has 0 spiro atoms. The van der Waals surface area contributed by atoms with Crippen molar-refractivity contribution in [2.75, 3.05) is 13.1 Å². The van der Waals surface area contributed by atoms with Gasteiger partial charge in [-0.3, -0.25) is 4.79 Å². The van der Waals surface area contributed by atoms with Crippen LogP contribution in [0, 0.1) is 0 Å². The molecule has 27 heavy (non-hydrogen) atoms. The Morgan fingerprint density at radius 3 is 2.26 bits per heavy atom. The van der Waals surface area contributed by atoms with Gasteiger partial charge in [-0.15, -0.1) is 0 Å². The molecule has 1 N–H and O–H groups in total. The highest BCUT2D eigenvalue weighted by Gasteiger charge is 2.28. The van der Waals surface area contributed by atoms with E-state index in [0.29, 0.717) is 5.02 Å². The van der Waals surface area contributed by atoms with Crippen LogP contribution < -0.4 is 5.32 Å². The summed E-state index contributed by atoms with van der Waals surface area (Å²) >= 11 is 17.8. The van der Waals surface area contributed by atoms with Gasteiger partial charge in [0.25, 0.3) is 0 Å². The van der Waals surface area contributed by atoms with Crippen LogP contribution in [0.4, 0.5) is 0 Å². The fourth-order valence-electron chi connectivity index (χ4n) is 2.46. The summed E-state index contributed by atoms with van der Waals surface area (Å²) in [4.78, 5) is 12.3. The van der Waals surface area contributed by atoms with E-state index in [4.69, 9.17) is 34.8 Å². The largest absolute Gasteiger partial charge is 0.348 e. The number of hydrogen-bond donors (Lipinski definition) is 1. The quantitative estimate of drug-likeness (QED) is 0.675. The molecule has 2 aromatic carbocycles. The predicted molar refractivity (Wildman–Crippen MR) is 109 cm³/mol. The highest BCUT2D eigenvalue weighted by atomic mass is 35.5. The number of nitrogens with zero attached hydrogens (tertiary/aromatic N) is 1. The van der Waals surface area contributed by atoms with Crippen molar-refractivity contribution in [2.24, 2.45) is 0 Å². The molecule has 0 radical (unpaired) electrons. The molecule has 146 valence electrons. The third-order valence-electron chi connectivity index (χ3n) is 3.93. The topological polar surface area (TPSA) is 66.5 Å². The molecule has 0 heterocycles. The normalized spacial score (nSPS) is 12.8. The first-order valence-corrected chi connectivity index (χ1v) is 10.7. The van der Waals surface area contributed by atoms with Gasteiger partial charge in [0.1, 0.15) is 4.90 Å². The first-order valence-electron chi connectivity index (χ1n) is 8.15. The van der Waals surface area contributed by atoms with E-state index < -0.39 is 15.9 Å². The summed E-state index contributed by atoms with van der Waals surface area (Å²) in [5, 5.41) is 3.67. The van der Waals surface area contributed by atoms with E-state index in [1.54, 1.807) is 38.1 Å². The summed E-state index contributed by atoms with van der Waals surface area (Å²) in [6, 6.07) is 10.9. The molecule has 0 aliphatic carbocycles. The number of benzene rings is 2. The second kappa shape index (κ2) is 9.26. The molecule has 2 rings (SSSR count). The van der Waals surface area contributed by atoms with E-state index in [-0.39, 0.29) is 34.1 Å². The van der Waals surface area contributed by atoms with Crippen molar-refractivity contribution in [1.29, 1.82) is 0 Å². The highest BCUT2D eigenvalue weighted by Crippen LogP contribution is 2.27. The SMILES string of the molecule is CCN(CC(=O)NC(C)c1ccc(Cl)cc1)S(=O)(=O)c1cc(Cl)ccc1Cl. The molecule has 1 amide bonds. The second-order valence-corrected chi connectivity index (χ2v) is 9.03. The van der Waals surface area contributed by atoms with E-state index in [1.165, 1.54) is 18.2 Å². The van der Waals surface area contributed by atoms with Crippen LogP contribution in [0.15, 0.2) is 47.4 Å². The lowest BCUT2D eigenvalue weighted by molar-refractivity contribution is -0.121. The zero-order valence-electron chi connectivity index (χ0n) is 14.7. The first kappa shape index (κ1) is 22.0. The smallest absolute Gasteiger partial charge is 0.245 e. The molecule has 0 aliphatic heterocycles. The van der Waals surface area contributed by atoms with Gasteiger partial charge in [-0.1, -0.05) is 53.9 Å². The third-order valence-corrected chi connectivity index (χ3v) is 6.82. The minimum atomic E-state index is -3.97. The summed E-state index contributed by atoms with van der Waals surface area (Å²) in [6.07, 6.45) is 0. The van der Waals surface area contributed by atoms with Crippen LogP contribution in [-0.2, 0) is 14.8 Å². The number of amides is 1. The Morgan fingerprint density at radius 2 is 1.67 bits per heavy atom. The average Bonchev–Trinajstić information content (AvgIpc) is 2.61. The molecule has 1 unspecified atom stereocenters. The molecule has 0 aliphatic rings. The molecular formula is C18H19Cl3N2O3S. The van der Waals surface area contributed by atoms with E-state index >= 15 is 0 Å². The second-order valence-electron chi connectivity index (χ2n) is 5.85. The molecule has 0 bridgehead atoms. The number of nitrogens with one attached hydrogen (secondary N) is 1. The van der Waals surface area contributed by atoms with Gasteiger partial charge >= 0.3 is 0 Å². The van der Waals surface area contributed by atoms with Crippen molar-refractivity contribution in [3.05, 3.63) is 63.1 Å². The third kappa shape index (κ3) is 5.59. The Morgan fingerprint density at radius 1 is 1.07 bits per heavy atom. The van der Waals surface area contributed by atoms with Crippen LogP contribution in [0.3, 0.4) is 0 Å². The maximum Gasteiger partial charge on any atom is 0.245 e. The zero-order chi connectivity index (χ0) is 20.2. The summed E-state index contributed by atoms with van der Waals surface area (Å²) in [5.41, 5.74) is 0.858. The molecule has 1 atom stereocenters. The Kier molecular flexibility index (Phi) is 7.54. The van der Waals surface area contributed by atoms with E-state index in [0.717, 1.165) is 9.87 Å². The molecule has 2 aromatic rings. The predicted octanol–water partition coefficient (Wildman–Crippen LogP) is 4.53. The van der Waals surface area contributed by atoms with Crippen LogP contribution >= 0.6 is 34.8 Å². The Labute approximate surface area is 174 Å². The zero-order valence-corrected chi connectivity index (χ0v) is 17.8. The minimum absolute atomic E-state index is 0.0489. The standard InChI is InChI=1S/C18H19Cl3N2O3S/c1-3-23(27(25,26)17-10-15(20)8-9-16(17)21)11-18(24)22-12(2)13-4-6-14(19)7-5-13/h4-10,12H,3,11H2,1-2H3,(H,22,24). The number of carbonyl (C=O) groups excluding carboxylic acids is 1. The summed E-state index contributed by atoms with van der Waals surface area (Å²) in [5.74, 6) is -0.430. The molecule has 0 saturated carbocycles. The minimum Gasteiger partial charge on any atom is -0.348 e. The fourth-order valence-corrected chi connectivity index (χ4v) is 4.73. The number of rotatable bonds is 7. The van der Waals surface area contributed by atoms with Crippen LogP contribution in [0.25, 0.3) is 0 Å². The molecular weight excluding hydrogens is 431 g/mol. The molecule has 0 saturated heterocycles. The first-order chi connectivity index (χ1) is 12.6. The fraction of sp³-hybridized carbons (Fsp3) is 0.278. The van der Waals surface area contributed by atoms with Crippen LogP contribution in [0.2, 0.25) is 15.1 Å². The lowest BCUT2D eigenvalue weighted by Crippen LogP contribution is -2.41. The monoisotopic (exact) mass is 448 g/mol. The Hall–Kier alpha value is -1.31. The van der Waals surface area contributed by atoms with E-state index in [2.05, 4.69) is 5.32 Å². The summed E-state index contributed by atoms with van der Waals surface area (Å²) in [6.45, 7) is 3.22. The van der Waals surface area contributed by atoms with Gasteiger partial charge in [-0.2, -0.15) is 4.31 Å². The Bertz CT molecular complexity index is 918. The molecule has 9 heteroatoms. The van der Waals surface area contributed by atoms with Crippen LogP contribution in [0.5, 0.6) is 0 Å². The molecule has 5 nitrogen and oxygen atoms in total. The molecule has 0 aromatic heterocycles. The molecule has 0 fully saturated rings. The maximum atomic E-state index is 12.9. The number of carbonyl (C=O) groups is 1. The van der Waals surface area contributed by atoms with E-state index in [1.807, 2.05) is 0 Å². The van der Waals surface area contributed by atoms with Crippen LogP contribution in [-0.4, -0.2) is 31.7 Å².